The molecule has 0 saturated carbocycles. The first-order valence-corrected chi connectivity index (χ1v) is 7.03. The van der Waals surface area contributed by atoms with Crippen molar-refractivity contribution in [2.75, 3.05) is 13.2 Å². The van der Waals surface area contributed by atoms with Gasteiger partial charge in [0.15, 0.2) is 0 Å². The van der Waals surface area contributed by atoms with E-state index in [1.54, 1.807) is 6.07 Å². The van der Waals surface area contributed by atoms with Gasteiger partial charge < -0.3 is 15.8 Å². The monoisotopic (exact) mass is 284 g/mol. The highest BCUT2D eigenvalue weighted by molar-refractivity contribution is 5.92. The predicted octanol–water partition coefficient (Wildman–Crippen LogP) is 2.34. The maximum absolute atomic E-state index is 11.1. The zero-order valence-corrected chi connectivity index (χ0v) is 11.9. The number of benzene rings is 2. The van der Waals surface area contributed by atoms with Gasteiger partial charge in [-0.15, -0.1) is 0 Å². The average molecular weight is 284 g/mol. The van der Waals surface area contributed by atoms with Crippen LogP contribution in [0.1, 0.15) is 22.3 Å². The van der Waals surface area contributed by atoms with E-state index in [0.717, 1.165) is 24.3 Å². The van der Waals surface area contributed by atoms with E-state index in [9.17, 15) is 4.79 Å². The molecule has 0 aliphatic carbocycles. The molecule has 2 aromatic rings. The molecule has 0 spiro atoms. The molecular weight excluding hydrogens is 264 g/mol. The highest BCUT2D eigenvalue weighted by Gasteiger charge is 2.00. The van der Waals surface area contributed by atoms with Crippen molar-refractivity contribution in [3.63, 3.8) is 0 Å². The summed E-state index contributed by atoms with van der Waals surface area (Å²) in [6.07, 6.45) is 0.921. The first-order chi connectivity index (χ1) is 10.3. The van der Waals surface area contributed by atoms with E-state index < -0.39 is 5.91 Å². The van der Waals surface area contributed by atoms with E-state index in [-0.39, 0.29) is 0 Å². The van der Waals surface area contributed by atoms with Crippen molar-refractivity contribution in [1.82, 2.24) is 5.32 Å². The summed E-state index contributed by atoms with van der Waals surface area (Å²) < 4.78 is 5.61. The molecule has 0 unspecified atom stereocenters. The second-order valence-electron chi connectivity index (χ2n) is 4.76. The zero-order chi connectivity index (χ0) is 14.9. The molecule has 0 heterocycles. The van der Waals surface area contributed by atoms with E-state index >= 15 is 0 Å². The third-order valence-corrected chi connectivity index (χ3v) is 3.05. The number of carbonyl (C=O) groups excluding carboxylic acids is 1. The van der Waals surface area contributed by atoms with Crippen LogP contribution in [-0.2, 0) is 6.54 Å². The standard InChI is InChI=1S/C17H20N2O2/c18-17(20)15-7-4-6-14(12-15)13-19-10-5-11-21-16-8-2-1-3-9-16/h1-4,6-9,12,19H,5,10-11,13H2,(H2,18,20). The third-order valence-electron chi connectivity index (χ3n) is 3.05. The quantitative estimate of drug-likeness (QED) is 0.731. The Bertz CT molecular complexity index is 570. The number of ether oxygens (including phenoxy) is 1. The number of carbonyl (C=O) groups is 1. The number of nitrogens with two attached hydrogens (primary N) is 1. The largest absolute Gasteiger partial charge is 0.494 e. The molecule has 3 N–H and O–H groups in total. The van der Waals surface area contributed by atoms with Crippen LogP contribution < -0.4 is 15.8 Å². The highest BCUT2D eigenvalue weighted by atomic mass is 16.5. The van der Waals surface area contributed by atoms with Crippen molar-refractivity contribution < 1.29 is 9.53 Å². The Morgan fingerprint density at radius 1 is 1.10 bits per heavy atom. The number of amides is 1. The average Bonchev–Trinajstić information content (AvgIpc) is 2.52. The number of hydrogen-bond acceptors (Lipinski definition) is 3. The van der Waals surface area contributed by atoms with Gasteiger partial charge in [-0.1, -0.05) is 30.3 Å². The molecule has 0 radical (unpaired) electrons. The van der Waals surface area contributed by atoms with Crippen molar-refractivity contribution in [3.05, 3.63) is 65.7 Å². The van der Waals surface area contributed by atoms with Gasteiger partial charge in [0.1, 0.15) is 5.75 Å². The number of rotatable bonds is 8. The van der Waals surface area contributed by atoms with Gasteiger partial charge in [0.05, 0.1) is 6.61 Å². The summed E-state index contributed by atoms with van der Waals surface area (Å²) in [6, 6.07) is 17.1. The normalized spacial score (nSPS) is 10.3. The molecule has 0 fully saturated rings. The van der Waals surface area contributed by atoms with Crippen molar-refractivity contribution >= 4 is 5.91 Å². The molecule has 0 bridgehead atoms. The van der Waals surface area contributed by atoms with Crippen LogP contribution in [0.4, 0.5) is 0 Å². The van der Waals surface area contributed by atoms with Crippen LogP contribution in [0.3, 0.4) is 0 Å². The van der Waals surface area contributed by atoms with Gasteiger partial charge in [-0.3, -0.25) is 4.79 Å². The summed E-state index contributed by atoms with van der Waals surface area (Å²) in [5.74, 6) is 0.500. The summed E-state index contributed by atoms with van der Waals surface area (Å²) in [5, 5.41) is 3.32. The van der Waals surface area contributed by atoms with E-state index in [2.05, 4.69) is 5.32 Å². The molecule has 4 nitrogen and oxygen atoms in total. The van der Waals surface area contributed by atoms with Crippen LogP contribution in [0.2, 0.25) is 0 Å². The second-order valence-corrected chi connectivity index (χ2v) is 4.76. The lowest BCUT2D eigenvalue weighted by molar-refractivity contribution is 0.1000. The van der Waals surface area contributed by atoms with Gasteiger partial charge in [0.25, 0.3) is 0 Å². The Morgan fingerprint density at radius 3 is 2.67 bits per heavy atom. The van der Waals surface area contributed by atoms with Crippen LogP contribution in [-0.4, -0.2) is 19.1 Å². The van der Waals surface area contributed by atoms with Gasteiger partial charge in [-0.25, -0.2) is 0 Å². The molecule has 0 aliphatic rings. The molecule has 0 aliphatic heterocycles. The minimum atomic E-state index is -0.395. The molecule has 4 heteroatoms. The Hall–Kier alpha value is -2.33. The van der Waals surface area contributed by atoms with Crippen molar-refractivity contribution in [3.8, 4) is 5.75 Å². The molecule has 21 heavy (non-hydrogen) atoms. The van der Waals surface area contributed by atoms with Crippen LogP contribution in [0.25, 0.3) is 0 Å². The van der Waals surface area contributed by atoms with Gasteiger partial charge >= 0.3 is 0 Å². The molecule has 0 atom stereocenters. The lowest BCUT2D eigenvalue weighted by atomic mass is 10.1. The highest BCUT2D eigenvalue weighted by Crippen LogP contribution is 2.08. The maximum atomic E-state index is 11.1. The van der Waals surface area contributed by atoms with Crippen molar-refractivity contribution in [2.24, 2.45) is 5.73 Å². The van der Waals surface area contributed by atoms with Gasteiger partial charge in [-0.05, 0) is 42.8 Å². The number of hydrogen-bond donors (Lipinski definition) is 2. The summed E-state index contributed by atoms with van der Waals surface area (Å²) in [7, 11) is 0. The molecular formula is C17H20N2O2. The van der Waals surface area contributed by atoms with Crippen molar-refractivity contribution in [2.45, 2.75) is 13.0 Å². The maximum Gasteiger partial charge on any atom is 0.248 e. The zero-order valence-electron chi connectivity index (χ0n) is 11.9. The summed E-state index contributed by atoms with van der Waals surface area (Å²) in [5.41, 5.74) is 6.85. The third kappa shape index (κ3) is 5.28. The molecule has 2 rings (SSSR count). The van der Waals surface area contributed by atoms with Crippen LogP contribution >= 0.6 is 0 Å². The summed E-state index contributed by atoms with van der Waals surface area (Å²) in [4.78, 5) is 11.1. The Morgan fingerprint density at radius 2 is 1.90 bits per heavy atom. The van der Waals surface area contributed by atoms with Crippen molar-refractivity contribution in [1.29, 1.82) is 0 Å². The first kappa shape index (κ1) is 15.1. The smallest absolute Gasteiger partial charge is 0.248 e. The van der Waals surface area contributed by atoms with E-state index in [1.165, 1.54) is 0 Å². The topological polar surface area (TPSA) is 64.4 Å². The lowest BCUT2D eigenvalue weighted by Gasteiger charge is -2.07. The minimum absolute atomic E-state index is 0.395. The fourth-order valence-corrected chi connectivity index (χ4v) is 1.97. The van der Waals surface area contributed by atoms with E-state index in [0.29, 0.717) is 18.7 Å². The summed E-state index contributed by atoms with van der Waals surface area (Å²) >= 11 is 0. The predicted molar refractivity (Wildman–Crippen MR) is 83.2 cm³/mol. The fraction of sp³-hybridized carbons (Fsp3) is 0.235. The van der Waals surface area contributed by atoms with Gasteiger partial charge in [-0.2, -0.15) is 0 Å². The second kappa shape index (κ2) is 8.07. The minimum Gasteiger partial charge on any atom is -0.494 e. The van der Waals surface area contributed by atoms with E-state index in [4.69, 9.17) is 10.5 Å². The van der Waals surface area contributed by atoms with Crippen LogP contribution in [0.15, 0.2) is 54.6 Å². The SMILES string of the molecule is NC(=O)c1cccc(CNCCCOc2ccccc2)c1. The Balaban J connectivity index is 1.64. The van der Waals surface area contributed by atoms with Gasteiger partial charge in [0.2, 0.25) is 5.91 Å². The first-order valence-electron chi connectivity index (χ1n) is 7.03. The Kier molecular flexibility index (Phi) is 5.79. The number of primary amides is 1. The molecule has 110 valence electrons. The molecule has 0 saturated heterocycles. The Labute approximate surface area is 124 Å². The summed E-state index contributed by atoms with van der Waals surface area (Å²) in [6.45, 7) is 2.25. The molecule has 0 aromatic heterocycles. The number of para-hydroxylation sites is 1. The van der Waals surface area contributed by atoms with Gasteiger partial charge in [0, 0.05) is 12.1 Å². The van der Waals surface area contributed by atoms with E-state index in [1.807, 2.05) is 48.5 Å². The number of nitrogens with one attached hydrogen (secondary N) is 1. The molecule has 1 amide bonds. The fourth-order valence-electron chi connectivity index (χ4n) is 1.97. The van der Waals surface area contributed by atoms with Crippen LogP contribution in [0, 0.1) is 0 Å². The lowest BCUT2D eigenvalue weighted by Crippen LogP contribution is -2.18. The van der Waals surface area contributed by atoms with Crippen LogP contribution in [0.5, 0.6) is 5.75 Å². The molecule has 2 aromatic carbocycles.